The molecule has 0 aliphatic carbocycles. The SMILES string of the molecule is CN1CC(=O)Nc2cccc(C(F)(F)F)c2C1=O. The molecule has 0 fully saturated rings. The van der Waals surface area contributed by atoms with Gasteiger partial charge < -0.3 is 10.2 Å². The van der Waals surface area contributed by atoms with Gasteiger partial charge in [0.15, 0.2) is 0 Å². The summed E-state index contributed by atoms with van der Waals surface area (Å²) in [5.41, 5.74) is -1.67. The number of likely N-dealkylation sites (N-methyl/N-ethyl adjacent to an activating group) is 1. The fraction of sp³-hybridized carbons (Fsp3) is 0.273. The fourth-order valence-electron chi connectivity index (χ4n) is 1.79. The molecule has 0 spiro atoms. The third-order valence-electron chi connectivity index (χ3n) is 2.59. The lowest BCUT2D eigenvalue weighted by Gasteiger charge is -2.16. The quantitative estimate of drug-likeness (QED) is 0.770. The average molecular weight is 258 g/mol. The largest absolute Gasteiger partial charge is 0.417 e. The van der Waals surface area contributed by atoms with E-state index in [1.807, 2.05) is 0 Å². The highest BCUT2D eigenvalue weighted by Gasteiger charge is 2.38. The smallest absolute Gasteiger partial charge is 0.332 e. The highest BCUT2D eigenvalue weighted by Crippen LogP contribution is 2.36. The molecule has 0 saturated carbocycles. The van der Waals surface area contributed by atoms with Gasteiger partial charge in [-0.25, -0.2) is 0 Å². The van der Waals surface area contributed by atoms with E-state index in [0.29, 0.717) is 0 Å². The van der Waals surface area contributed by atoms with Crippen molar-refractivity contribution < 1.29 is 22.8 Å². The van der Waals surface area contributed by atoms with E-state index >= 15 is 0 Å². The number of hydrogen-bond donors (Lipinski definition) is 1. The summed E-state index contributed by atoms with van der Waals surface area (Å²) in [6.07, 6.45) is -4.64. The Labute approximate surface area is 100 Å². The molecule has 4 nitrogen and oxygen atoms in total. The number of benzene rings is 1. The zero-order chi connectivity index (χ0) is 13.5. The molecule has 1 aromatic rings. The molecule has 0 atom stereocenters. The number of fused-ring (bicyclic) bond motifs is 1. The molecule has 1 aliphatic rings. The Kier molecular flexibility index (Phi) is 2.76. The summed E-state index contributed by atoms with van der Waals surface area (Å²) in [6.45, 7) is -0.273. The van der Waals surface area contributed by atoms with Gasteiger partial charge in [0.05, 0.1) is 23.4 Å². The fourth-order valence-corrected chi connectivity index (χ4v) is 1.79. The standard InChI is InChI=1S/C11H9F3N2O2/c1-16-5-8(17)15-7-4-2-3-6(11(12,13)14)9(7)10(16)18/h2-4H,5H2,1H3,(H,15,17). The van der Waals surface area contributed by atoms with E-state index in [9.17, 15) is 22.8 Å². The minimum absolute atomic E-state index is 0.107. The average Bonchev–Trinajstić information content (AvgIpc) is 2.35. The highest BCUT2D eigenvalue weighted by atomic mass is 19.4. The van der Waals surface area contributed by atoms with Gasteiger partial charge in [-0.15, -0.1) is 0 Å². The van der Waals surface area contributed by atoms with Gasteiger partial charge in [0, 0.05) is 7.05 Å². The van der Waals surface area contributed by atoms with Crippen molar-refractivity contribution in [1.29, 1.82) is 0 Å². The Bertz CT molecular complexity index is 526. The molecule has 96 valence electrons. The van der Waals surface area contributed by atoms with Crippen LogP contribution in [0.15, 0.2) is 18.2 Å². The number of carbonyl (C=O) groups excluding carboxylic acids is 2. The molecule has 0 radical (unpaired) electrons. The van der Waals surface area contributed by atoms with Gasteiger partial charge in [-0.1, -0.05) is 6.07 Å². The van der Waals surface area contributed by atoms with E-state index in [0.717, 1.165) is 17.0 Å². The second-order valence-electron chi connectivity index (χ2n) is 3.94. The van der Waals surface area contributed by atoms with Crippen molar-refractivity contribution >= 4 is 17.5 Å². The van der Waals surface area contributed by atoms with Crippen molar-refractivity contribution in [2.75, 3.05) is 18.9 Å². The second kappa shape index (κ2) is 4.01. The molecule has 0 bridgehead atoms. The normalized spacial score (nSPS) is 16.1. The van der Waals surface area contributed by atoms with Crippen molar-refractivity contribution in [1.82, 2.24) is 4.90 Å². The van der Waals surface area contributed by atoms with Crippen LogP contribution in [0.25, 0.3) is 0 Å². The monoisotopic (exact) mass is 258 g/mol. The first-order chi connectivity index (χ1) is 8.30. The zero-order valence-electron chi connectivity index (χ0n) is 9.34. The molecular weight excluding hydrogens is 249 g/mol. The first kappa shape index (κ1) is 12.4. The van der Waals surface area contributed by atoms with Gasteiger partial charge in [0.2, 0.25) is 5.91 Å². The number of anilines is 1. The van der Waals surface area contributed by atoms with Crippen LogP contribution in [-0.4, -0.2) is 30.3 Å². The molecule has 18 heavy (non-hydrogen) atoms. The maximum absolute atomic E-state index is 12.8. The van der Waals surface area contributed by atoms with Crippen molar-refractivity contribution in [3.8, 4) is 0 Å². The number of rotatable bonds is 0. The minimum Gasteiger partial charge on any atom is -0.332 e. The number of nitrogens with zero attached hydrogens (tertiary/aromatic N) is 1. The Morgan fingerprint density at radius 2 is 1.94 bits per heavy atom. The number of amides is 2. The molecule has 0 aromatic heterocycles. The van der Waals surface area contributed by atoms with Gasteiger partial charge in [0.25, 0.3) is 5.91 Å². The number of alkyl halides is 3. The van der Waals surface area contributed by atoms with Crippen LogP contribution in [0.4, 0.5) is 18.9 Å². The Balaban J connectivity index is 2.67. The molecule has 7 heteroatoms. The molecule has 1 aliphatic heterocycles. The second-order valence-corrected chi connectivity index (χ2v) is 3.94. The Morgan fingerprint density at radius 3 is 2.56 bits per heavy atom. The van der Waals surface area contributed by atoms with E-state index < -0.39 is 29.1 Å². The number of hydrogen-bond acceptors (Lipinski definition) is 2. The van der Waals surface area contributed by atoms with Crippen LogP contribution in [0.5, 0.6) is 0 Å². The lowest BCUT2D eigenvalue weighted by atomic mass is 10.0. The van der Waals surface area contributed by atoms with Crippen LogP contribution >= 0.6 is 0 Å². The molecular formula is C11H9F3N2O2. The van der Waals surface area contributed by atoms with Crippen LogP contribution in [0, 0.1) is 0 Å². The minimum atomic E-state index is -4.64. The van der Waals surface area contributed by atoms with Crippen LogP contribution in [0.2, 0.25) is 0 Å². The van der Waals surface area contributed by atoms with Crippen LogP contribution in [-0.2, 0) is 11.0 Å². The maximum Gasteiger partial charge on any atom is 0.417 e. The Hall–Kier alpha value is -2.05. The van der Waals surface area contributed by atoms with E-state index in [4.69, 9.17) is 0 Å². The summed E-state index contributed by atoms with van der Waals surface area (Å²) in [5, 5.41) is 2.29. The highest BCUT2D eigenvalue weighted by molar-refractivity contribution is 6.09. The molecule has 0 saturated heterocycles. The molecule has 1 heterocycles. The van der Waals surface area contributed by atoms with Crippen molar-refractivity contribution in [3.05, 3.63) is 29.3 Å². The van der Waals surface area contributed by atoms with Crippen molar-refractivity contribution in [3.63, 3.8) is 0 Å². The first-order valence-corrected chi connectivity index (χ1v) is 5.06. The van der Waals surface area contributed by atoms with Crippen LogP contribution < -0.4 is 5.32 Å². The first-order valence-electron chi connectivity index (χ1n) is 5.06. The number of nitrogens with one attached hydrogen (secondary N) is 1. The van der Waals surface area contributed by atoms with Gasteiger partial charge in [-0.3, -0.25) is 9.59 Å². The van der Waals surface area contributed by atoms with Gasteiger partial charge >= 0.3 is 6.18 Å². The van der Waals surface area contributed by atoms with Crippen molar-refractivity contribution in [2.24, 2.45) is 0 Å². The van der Waals surface area contributed by atoms with Gasteiger partial charge in [0.1, 0.15) is 0 Å². The molecule has 1 aromatic carbocycles. The van der Waals surface area contributed by atoms with Crippen LogP contribution in [0.3, 0.4) is 0 Å². The topological polar surface area (TPSA) is 49.4 Å². The zero-order valence-corrected chi connectivity index (χ0v) is 9.34. The Morgan fingerprint density at radius 1 is 1.28 bits per heavy atom. The van der Waals surface area contributed by atoms with Crippen LogP contribution in [0.1, 0.15) is 15.9 Å². The summed E-state index contributed by atoms with van der Waals surface area (Å²) >= 11 is 0. The van der Waals surface area contributed by atoms with E-state index in [1.54, 1.807) is 0 Å². The summed E-state index contributed by atoms with van der Waals surface area (Å²) < 4.78 is 38.5. The van der Waals surface area contributed by atoms with Gasteiger partial charge in [-0.05, 0) is 12.1 Å². The predicted octanol–water partition coefficient (Wildman–Crippen LogP) is 1.73. The summed E-state index contributed by atoms with van der Waals surface area (Å²) in [4.78, 5) is 24.2. The van der Waals surface area contributed by atoms with E-state index in [1.165, 1.54) is 13.1 Å². The summed E-state index contributed by atoms with van der Waals surface area (Å²) in [5.74, 6) is -1.35. The number of halogens is 3. The lowest BCUT2D eigenvalue weighted by Crippen LogP contribution is -2.31. The third kappa shape index (κ3) is 2.03. The predicted molar refractivity (Wildman–Crippen MR) is 57.0 cm³/mol. The van der Waals surface area contributed by atoms with E-state index in [-0.39, 0.29) is 12.2 Å². The maximum atomic E-state index is 12.8. The summed E-state index contributed by atoms with van der Waals surface area (Å²) in [7, 11) is 1.28. The number of carbonyl (C=O) groups is 2. The van der Waals surface area contributed by atoms with E-state index in [2.05, 4.69) is 5.32 Å². The van der Waals surface area contributed by atoms with Crippen molar-refractivity contribution in [2.45, 2.75) is 6.18 Å². The molecule has 1 N–H and O–H groups in total. The lowest BCUT2D eigenvalue weighted by molar-refractivity contribution is -0.138. The molecule has 2 rings (SSSR count). The molecule has 0 unspecified atom stereocenters. The summed E-state index contributed by atoms with van der Waals surface area (Å²) in [6, 6.07) is 3.25. The van der Waals surface area contributed by atoms with Gasteiger partial charge in [-0.2, -0.15) is 13.2 Å². The molecule has 2 amide bonds. The third-order valence-corrected chi connectivity index (χ3v) is 2.59.